The molecule has 0 aliphatic heterocycles. The topological polar surface area (TPSA) is 24.9 Å². The Balaban J connectivity index is 2.44. The SMILES string of the molecule is CNCc1nc(-c2ccccc2Br)c(C)s1. The molecule has 0 fully saturated rings. The van der Waals surface area contributed by atoms with Gasteiger partial charge in [-0.25, -0.2) is 4.98 Å². The van der Waals surface area contributed by atoms with E-state index in [0.717, 1.165) is 21.7 Å². The van der Waals surface area contributed by atoms with Crippen LogP contribution in [-0.4, -0.2) is 12.0 Å². The zero-order valence-electron chi connectivity index (χ0n) is 9.25. The van der Waals surface area contributed by atoms with Crippen molar-refractivity contribution in [1.29, 1.82) is 0 Å². The molecule has 1 heterocycles. The third-order valence-electron chi connectivity index (χ3n) is 2.30. The molecule has 4 heteroatoms. The molecule has 2 nitrogen and oxygen atoms in total. The first kappa shape index (κ1) is 11.8. The molecular formula is C12H13BrN2S. The number of hydrogen-bond donors (Lipinski definition) is 1. The van der Waals surface area contributed by atoms with Gasteiger partial charge in [0, 0.05) is 21.5 Å². The van der Waals surface area contributed by atoms with Crippen molar-refractivity contribution in [3.63, 3.8) is 0 Å². The molecule has 0 aliphatic rings. The van der Waals surface area contributed by atoms with Crippen LogP contribution in [0.2, 0.25) is 0 Å². The summed E-state index contributed by atoms with van der Waals surface area (Å²) in [5.41, 5.74) is 2.25. The van der Waals surface area contributed by atoms with E-state index in [-0.39, 0.29) is 0 Å². The van der Waals surface area contributed by atoms with E-state index in [9.17, 15) is 0 Å². The smallest absolute Gasteiger partial charge is 0.107 e. The molecule has 1 aromatic carbocycles. The Bertz CT molecular complexity index is 494. The molecule has 0 aliphatic carbocycles. The quantitative estimate of drug-likeness (QED) is 0.936. The van der Waals surface area contributed by atoms with Gasteiger partial charge < -0.3 is 5.32 Å². The van der Waals surface area contributed by atoms with E-state index in [1.54, 1.807) is 11.3 Å². The van der Waals surface area contributed by atoms with E-state index < -0.39 is 0 Å². The van der Waals surface area contributed by atoms with Gasteiger partial charge in [-0.2, -0.15) is 0 Å². The highest BCUT2D eigenvalue weighted by Crippen LogP contribution is 2.32. The third-order valence-corrected chi connectivity index (χ3v) is 3.96. The highest BCUT2D eigenvalue weighted by atomic mass is 79.9. The first-order valence-electron chi connectivity index (χ1n) is 5.08. The minimum Gasteiger partial charge on any atom is -0.314 e. The lowest BCUT2D eigenvalue weighted by Crippen LogP contribution is -2.04. The van der Waals surface area contributed by atoms with E-state index >= 15 is 0 Å². The van der Waals surface area contributed by atoms with Gasteiger partial charge in [-0.1, -0.05) is 34.1 Å². The van der Waals surface area contributed by atoms with Gasteiger partial charge in [-0.05, 0) is 20.0 Å². The van der Waals surface area contributed by atoms with Gasteiger partial charge in [0.25, 0.3) is 0 Å². The maximum Gasteiger partial charge on any atom is 0.107 e. The molecule has 84 valence electrons. The second kappa shape index (κ2) is 5.08. The lowest BCUT2D eigenvalue weighted by atomic mass is 10.1. The van der Waals surface area contributed by atoms with Crippen LogP contribution in [0.15, 0.2) is 28.7 Å². The van der Waals surface area contributed by atoms with Gasteiger partial charge in [0.05, 0.1) is 5.69 Å². The first-order valence-corrected chi connectivity index (χ1v) is 6.69. The zero-order chi connectivity index (χ0) is 11.5. The van der Waals surface area contributed by atoms with Gasteiger partial charge in [-0.15, -0.1) is 11.3 Å². The van der Waals surface area contributed by atoms with Crippen LogP contribution in [0.4, 0.5) is 0 Å². The normalized spacial score (nSPS) is 10.7. The number of rotatable bonds is 3. The molecule has 2 rings (SSSR count). The number of nitrogens with one attached hydrogen (secondary N) is 1. The minimum atomic E-state index is 0.829. The Morgan fingerprint density at radius 3 is 2.81 bits per heavy atom. The Morgan fingerprint density at radius 2 is 2.12 bits per heavy atom. The predicted octanol–water partition coefficient (Wildman–Crippen LogP) is 3.60. The van der Waals surface area contributed by atoms with Crippen LogP contribution in [0, 0.1) is 6.92 Å². The second-order valence-electron chi connectivity index (χ2n) is 3.52. The summed E-state index contributed by atoms with van der Waals surface area (Å²) in [7, 11) is 1.94. The van der Waals surface area contributed by atoms with Crippen LogP contribution in [0.25, 0.3) is 11.3 Å². The predicted molar refractivity (Wildman–Crippen MR) is 72.8 cm³/mol. The van der Waals surface area contributed by atoms with Crippen molar-refractivity contribution in [1.82, 2.24) is 10.3 Å². The van der Waals surface area contributed by atoms with Gasteiger partial charge in [0.2, 0.25) is 0 Å². The fourth-order valence-electron chi connectivity index (χ4n) is 1.58. The van der Waals surface area contributed by atoms with Crippen LogP contribution in [0.3, 0.4) is 0 Å². The van der Waals surface area contributed by atoms with Gasteiger partial charge in [0.15, 0.2) is 0 Å². The highest BCUT2D eigenvalue weighted by molar-refractivity contribution is 9.10. The van der Waals surface area contributed by atoms with Gasteiger partial charge >= 0.3 is 0 Å². The summed E-state index contributed by atoms with van der Waals surface area (Å²) in [4.78, 5) is 5.92. The van der Waals surface area contributed by atoms with Crippen LogP contribution in [0.1, 0.15) is 9.88 Å². The third kappa shape index (κ3) is 2.34. The lowest BCUT2D eigenvalue weighted by Gasteiger charge is -2.01. The number of aryl methyl sites for hydroxylation is 1. The molecule has 2 aromatic rings. The zero-order valence-corrected chi connectivity index (χ0v) is 11.7. The monoisotopic (exact) mass is 296 g/mol. The molecule has 0 radical (unpaired) electrons. The van der Waals surface area contributed by atoms with Crippen molar-refractivity contribution in [2.24, 2.45) is 0 Å². The molecule has 0 spiro atoms. The fraction of sp³-hybridized carbons (Fsp3) is 0.250. The van der Waals surface area contributed by atoms with E-state index in [1.807, 2.05) is 25.2 Å². The summed E-state index contributed by atoms with van der Waals surface area (Å²) in [6.07, 6.45) is 0. The van der Waals surface area contributed by atoms with Crippen LogP contribution in [0.5, 0.6) is 0 Å². The summed E-state index contributed by atoms with van der Waals surface area (Å²) < 4.78 is 1.10. The standard InChI is InChI=1S/C12H13BrN2S/c1-8-12(15-11(16-8)7-14-2)9-5-3-4-6-10(9)13/h3-6,14H,7H2,1-2H3. The average Bonchev–Trinajstić information content (AvgIpc) is 2.61. The number of hydrogen-bond acceptors (Lipinski definition) is 3. The van der Waals surface area contributed by atoms with E-state index in [2.05, 4.69) is 39.2 Å². The second-order valence-corrected chi connectivity index (χ2v) is 5.66. The van der Waals surface area contributed by atoms with Crippen LogP contribution < -0.4 is 5.32 Å². The Labute approximate surface area is 108 Å². The summed E-state index contributed by atoms with van der Waals surface area (Å²) >= 11 is 5.31. The summed E-state index contributed by atoms with van der Waals surface area (Å²) in [5, 5.41) is 4.26. The molecule has 0 atom stereocenters. The lowest BCUT2D eigenvalue weighted by molar-refractivity contribution is 0.810. The molecule has 1 N–H and O–H groups in total. The largest absolute Gasteiger partial charge is 0.314 e. The van der Waals surface area contributed by atoms with Crippen molar-refractivity contribution in [3.8, 4) is 11.3 Å². The van der Waals surface area contributed by atoms with Gasteiger partial charge in [0.1, 0.15) is 5.01 Å². The maximum absolute atomic E-state index is 4.66. The van der Waals surface area contributed by atoms with Crippen LogP contribution in [-0.2, 0) is 6.54 Å². The molecule has 16 heavy (non-hydrogen) atoms. The number of halogens is 1. The van der Waals surface area contributed by atoms with Crippen molar-refractivity contribution in [2.75, 3.05) is 7.05 Å². The van der Waals surface area contributed by atoms with Crippen molar-refractivity contribution in [3.05, 3.63) is 38.6 Å². The Morgan fingerprint density at radius 1 is 1.38 bits per heavy atom. The molecule has 1 aromatic heterocycles. The molecule has 0 bridgehead atoms. The molecule has 0 saturated carbocycles. The number of benzene rings is 1. The van der Waals surface area contributed by atoms with Crippen LogP contribution >= 0.6 is 27.3 Å². The highest BCUT2D eigenvalue weighted by Gasteiger charge is 2.11. The summed E-state index contributed by atoms with van der Waals surface area (Å²) in [6, 6.07) is 8.20. The summed E-state index contributed by atoms with van der Waals surface area (Å²) in [5.74, 6) is 0. The Hall–Kier alpha value is -0.710. The van der Waals surface area contributed by atoms with E-state index in [4.69, 9.17) is 0 Å². The van der Waals surface area contributed by atoms with E-state index in [1.165, 1.54) is 10.4 Å². The molecule has 0 saturated heterocycles. The fourth-order valence-corrected chi connectivity index (χ4v) is 3.01. The van der Waals surface area contributed by atoms with Crippen molar-refractivity contribution in [2.45, 2.75) is 13.5 Å². The molecule has 0 amide bonds. The number of aromatic nitrogens is 1. The average molecular weight is 297 g/mol. The minimum absolute atomic E-state index is 0.829. The van der Waals surface area contributed by atoms with Crippen molar-refractivity contribution >= 4 is 27.3 Å². The number of thiazole rings is 1. The first-order chi connectivity index (χ1) is 7.72. The summed E-state index contributed by atoms with van der Waals surface area (Å²) in [6.45, 7) is 2.95. The number of nitrogens with zero attached hydrogens (tertiary/aromatic N) is 1. The molecule has 0 unspecified atom stereocenters. The maximum atomic E-state index is 4.66. The van der Waals surface area contributed by atoms with E-state index in [0.29, 0.717) is 0 Å². The Kier molecular flexibility index (Phi) is 3.74. The van der Waals surface area contributed by atoms with Crippen molar-refractivity contribution < 1.29 is 0 Å². The molecular weight excluding hydrogens is 284 g/mol. The van der Waals surface area contributed by atoms with Gasteiger partial charge in [-0.3, -0.25) is 0 Å².